The molecular formula is C7H12ClN3. The van der Waals surface area contributed by atoms with Gasteiger partial charge < -0.3 is 0 Å². The first-order valence-electron chi connectivity index (χ1n) is 3.82. The number of aromatic nitrogens is 3. The zero-order valence-electron chi connectivity index (χ0n) is 6.41. The summed E-state index contributed by atoms with van der Waals surface area (Å²) in [6, 6.07) is 0. The summed E-state index contributed by atoms with van der Waals surface area (Å²) in [6.45, 7) is 0.955. The first-order valence-corrected chi connectivity index (χ1v) is 4.35. The Labute approximate surface area is 71.4 Å². The van der Waals surface area contributed by atoms with Crippen LogP contribution in [0.3, 0.4) is 0 Å². The SMILES string of the molecule is ClCCCCCn1cncn1. The van der Waals surface area contributed by atoms with Crippen LogP contribution in [0, 0.1) is 0 Å². The largest absolute Gasteiger partial charge is 0.253 e. The normalized spacial score (nSPS) is 10.3. The second-order valence-electron chi connectivity index (χ2n) is 2.41. The number of rotatable bonds is 5. The fourth-order valence-electron chi connectivity index (χ4n) is 0.893. The van der Waals surface area contributed by atoms with Gasteiger partial charge in [0.05, 0.1) is 0 Å². The fourth-order valence-corrected chi connectivity index (χ4v) is 1.08. The number of nitrogens with zero attached hydrogens (tertiary/aromatic N) is 3. The zero-order valence-corrected chi connectivity index (χ0v) is 7.17. The molecule has 0 radical (unpaired) electrons. The van der Waals surface area contributed by atoms with E-state index in [1.165, 1.54) is 6.42 Å². The van der Waals surface area contributed by atoms with Gasteiger partial charge in [-0.2, -0.15) is 5.10 Å². The van der Waals surface area contributed by atoms with Crippen molar-refractivity contribution < 1.29 is 0 Å². The molecule has 0 unspecified atom stereocenters. The van der Waals surface area contributed by atoms with Gasteiger partial charge in [0, 0.05) is 12.4 Å². The molecule has 0 N–H and O–H groups in total. The average Bonchev–Trinajstić information content (AvgIpc) is 2.50. The van der Waals surface area contributed by atoms with Crippen LogP contribution in [0.5, 0.6) is 0 Å². The Kier molecular flexibility index (Phi) is 3.98. The lowest BCUT2D eigenvalue weighted by molar-refractivity contribution is 0.553. The van der Waals surface area contributed by atoms with E-state index in [1.807, 2.05) is 4.68 Å². The maximum Gasteiger partial charge on any atom is 0.137 e. The molecule has 0 aliphatic carbocycles. The summed E-state index contributed by atoms with van der Waals surface area (Å²) in [5.41, 5.74) is 0. The molecule has 0 aliphatic heterocycles. The molecule has 62 valence electrons. The van der Waals surface area contributed by atoms with Gasteiger partial charge in [0.1, 0.15) is 12.7 Å². The summed E-state index contributed by atoms with van der Waals surface area (Å²) in [7, 11) is 0. The van der Waals surface area contributed by atoms with Crippen LogP contribution in [0.25, 0.3) is 0 Å². The van der Waals surface area contributed by atoms with E-state index in [1.54, 1.807) is 12.7 Å². The van der Waals surface area contributed by atoms with Crippen molar-refractivity contribution in [2.45, 2.75) is 25.8 Å². The molecule has 0 fully saturated rings. The smallest absolute Gasteiger partial charge is 0.137 e. The molecule has 1 rings (SSSR count). The highest BCUT2D eigenvalue weighted by molar-refractivity contribution is 6.17. The Balaban J connectivity index is 2.04. The van der Waals surface area contributed by atoms with Gasteiger partial charge in [0.15, 0.2) is 0 Å². The lowest BCUT2D eigenvalue weighted by Gasteiger charge is -1.97. The minimum absolute atomic E-state index is 0.761. The molecular weight excluding hydrogens is 162 g/mol. The number of hydrogen-bond acceptors (Lipinski definition) is 2. The van der Waals surface area contributed by atoms with Gasteiger partial charge in [-0.3, -0.25) is 4.68 Å². The Hall–Kier alpha value is -0.570. The van der Waals surface area contributed by atoms with Crippen LogP contribution in [0.15, 0.2) is 12.7 Å². The lowest BCUT2D eigenvalue weighted by Crippen LogP contribution is -1.97. The molecule has 1 aromatic rings. The van der Waals surface area contributed by atoms with Crippen molar-refractivity contribution in [1.29, 1.82) is 0 Å². The van der Waals surface area contributed by atoms with Crippen LogP contribution in [0.4, 0.5) is 0 Å². The van der Waals surface area contributed by atoms with Crippen LogP contribution >= 0.6 is 11.6 Å². The van der Waals surface area contributed by atoms with Gasteiger partial charge in [0.2, 0.25) is 0 Å². The zero-order chi connectivity index (χ0) is 7.94. The number of unbranched alkanes of at least 4 members (excludes halogenated alkanes) is 2. The minimum Gasteiger partial charge on any atom is -0.253 e. The van der Waals surface area contributed by atoms with E-state index in [0.717, 1.165) is 25.3 Å². The molecule has 11 heavy (non-hydrogen) atoms. The topological polar surface area (TPSA) is 30.7 Å². The predicted molar refractivity (Wildman–Crippen MR) is 44.6 cm³/mol. The van der Waals surface area contributed by atoms with Crippen LogP contribution in [0.2, 0.25) is 0 Å². The van der Waals surface area contributed by atoms with Crippen molar-refractivity contribution in [2.24, 2.45) is 0 Å². The van der Waals surface area contributed by atoms with Gasteiger partial charge in [-0.25, -0.2) is 4.98 Å². The van der Waals surface area contributed by atoms with Crippen molar-refractivity contribution in [3.63, 3.8) is 0 Å². The Morgan fingerprint density at radius 1 is 1.27 bits per heavy atom. The molecule has 0 saturated heterocycles. The Morgan fingerprint density at radius 2 is 2.18 bits per heavy atom. The average molecular weight is 174 g/mol. The van der Waals surface area contributed by atoms with Gasteiger partial charge >= 0.3 is 0 Å². The van der Waals surface area contributed by atoms with Crippen molar-refractivity contribution in [3.8, 4) is 0 Å². The van der Waals surface area contributed by atoms with Gasteiger partial charge in [-0.05, 0) is 12.8 Å². The standard InChI is InChI=1S/C7H12ClN3/c8-4-2-1-3-5-11-7-9-6-10-11/h6-7H,1-5H2. The number of halogens is 1. The van der Waals surface area contributed by atoms with Gasteiger partial charge in [-0.15, -0.1) is 11.6 Å². The molecule has 0 spiro atoms. The lowest BCUT2D eigenvalue weighted by atomic mass is 10.2. The number of alkyl halides is 1. The first-order chi connectivity index (χ1) is 5.43. The highest BCUT2D eigenvalue weighted by Crippen LogP contribution is 1.98. The van der Waals surface area contributed by atoms with E-state index < -0.39 is 0 Å². The summed E-state index contributed by atoms with van der Waals surface area (Å²) >= 11 is 5.53. The molecule has 3 nitrogen and oxygen atoms in total. The van der Waals surface area contributed by atoms with E-state index in [4.69, 9.17) is 11.6 Å². The third-order valence-corrected chi connectivity index (χ3v) is 1.75. The van der Waals surface area contributed by atoms with Gasteiger partial charge in [0.25, 0.3) is 0 Å². The van der Waals surface area contributed by atoms with Crippen LogP contribution in [-0.2, 0) is 6.54 Å². The highest BCUT2D eigenvalue weighted by Gasteiger charge is 1.90. The quantitative estimate of drug-likeness (QED) is 0.501. The molecule has 1 heterocycles. The van der Waals surface area contributed by atoms with Crippen molar-refractivity contribution in [1.82, 2.24) is 14.8 Å². The number of aryl methyl sites for hydroxylation is 1. The van der Waals surface area contributed by atoms with Gasteiger partial charge in [-0.1, -0.05) is 6.42 Å². The molecule has 0 saturated carbocycles. The van der Waals surface area contributed by atoms with Crippen LogP contribution in [-0.4, -0.2) is 20.6 Å². The summed E-state index contributed by atoms with van der Waals surface area (Å²) in [5.74, 6) is 0.761. The maximum atomic E-state index is 5.53. The molecule has 0 amide bonds. The Bertz CT molecular complexity index is 174. The number of hydrogen-bond donors (Lipinski definition) is 0. The highest BCUT2D eigenvalue weighted by atomic mass is 35.5. The first kappa shape index (κ1) is 8.53. The fraction of sp³-hybridized carbons (Fsp3) is 0.714. The van der Waals surface area contributed by atoms with E-state index in [9.17, 15) is 0 Å². The molecule has 0 aliphatic rings. The van der Waals surface area contributed by atoms with E-state index in [0.29, 0.717) is 0 Å². The van der Waals surface area contributed by atoms with Crippen molar-refractivity contribution in [2.75, 3.05) is 5.88 Å². The maximum absolute atomic E-state index is 5.53. The Morgan fingerprint density at radius 3 is 2.82 bits per heavy atom. The summed E-state index contributed by atoms with van der Waals surface area (Å²) in [6.07, 6.45) is 6.69. The van der Waals surface area contributed by atoms with Crippen molar-refractivity contribution >= 4 is 11.6 Å². The van der Waals surface area contributed by atoms with Crippen molar-refractivity contribution in [3.05, 3.63) is 12.7 Å². The molecule has 0 atom stereocenters. The minimum atomic E-state index is 0.761. The molecule has 0 bridgehead atoms. The molecule has 0 aromatic carbocycles. The van der Waals surface area contributed by atoms with Crippen LogP contribution < -0.4 is 0 Å². The van der Waals surface area contributed by atoms with Crippen LogP contribution in [0.1, 0.15) is 19.3 Å². The third-order valence-electron chi connectivity index (χ3n) is 1.49. The predicted octanol–water partition coefficient (Wildman–Crippen LogP) is 1.69. The second-order valence-corrected chi connectivity index (χ2v) is 2.79. The van der Waals surface area contributed by atoms with E-state index in [-0.39, 0.29) is 0 Å². The molecule has 4 heteroatoms. The monoisotopic (exact) mass is 173 g/mol. The van der Waals surface area contributed by atoms with E-state index in [2.05, 4.69) is 10.1 Å². The summed E-state index contributed by atoms with van der Waals surface area (Å²) in [5, 5.41) is 3.99. The second kappa shape index (κ2) is 5.13. The van der Waals surface area contributed by atoms with E-state index >= 15 is 0 Å². The third kappa shape index (κ3) is 3.37. The summed E-state index contributed by atoms with van der Waals surface area (Å²) < 4.78 is 1.84. The molecule has 1 aromatic heterocycles. The summed E-state index contributed by atoms with van der Waals surface area (Å²) in [4.78, 5) is 3.85.